The minimum atomic E-state index is -4.35. The Morgan fingerprint density at radius 3 is 1.68 bits per heavy atom. The zero-order valence-electron chi connectivity index (χ0n) is 22.2. The van der Waals surface area contributed by atoms with Crippen LogP contribution in [0.2, 0.25) is 0 Å². The van der Waals surface area contributed by atoms with E-state index in [-0.39, 0.29) is 4.90 Å². The van der Waals surface area contributed by atoms with Gasteiger partial charge in [0, 0.05) is 5.56 Å². The van der Waals surface area contributed by atoms with E-state index in [1.807, 2.05) is 0 Å². The first-order valence-electron chi connectivity index (χ1n) is 12.9. The van der Waals surface area contributed by atoms with Crippen molar-refractivity contribution in [1.29, 1.82) is 0 Å². The standard InChI is InChI=1S/C18H30O3S.C11H18N/c1-2-3-4-5-6-7-8-9-10-11-14-17-15-12-13-16-18(17)22(19,20)21;1-10-7-5-6-8-11(10)9-12(2,3)4/h12-13,15-16H,2-11,14H2,1H3,(H,19,20,21);5-8H,9H2,1-4H3/q;+1/p-1. The van der Waals surface area contributed by atoms with Crippen molar-refractivity contribution in [2.24, 2.45) is 0 Å². The molecule has 0 saturated carbocycles. The number of rotatable bonds is 14. The van der Waals surface area contributed by atoms with Gasteiger partial charge in [-0.1, -0.05) is 107 Å². The molecule has 4 nitrogen and oxygen atoms in total. The second kappa shape index (κ2) is 16.1. The predicted octanol–water partition coefficient (Wildman–Crippen LogP) is 7.26. The summed E-state index contributed by atoms with van der Waals surface area (Å²) >= 11 is 0. The SMILES string of the molecule is CCCCCCCCCCCCc1ccccc1S(=O)(=O)[O-].Cc1ccccc1C[N+](C)(C)C. The molecule has 0 aliphatic heterocycles. The second-order valence-electron chi connectivity index (χ2n) is 10.4. The van der Waals surface area contributed by atoms with E-state index in [4.69, 9.17) is 0 Å². The van der Waals surface area contributed by atoms with Crippen LogP contribution in [0.5, 0.6) is 0 Å². The molecule has 2 aromatic carbocycles. The summed E-state index contributed by atoms with van der Waals surface area (Å²) in [6.45, 7) is 5.51. The minimum absolute atomic E-state index is 0.0501. The molecule has 0 N–H and O–H groups in total. The Labute approximate surface area is 209 Å². The van der Waals surface area contributed by atoms with Crippen molar-refractivity contribution in [2.45, 2.75) is 95.9 Å². The van der Waals surface area contributed by atoms with Crippen LogP contribution in [0.25, 0.3) is 0 Å². The van der Waals surface area contributed by atoms with Crippen molar-refractivity contribution in [1.82, 2.24) is 0 Å². The zero-order valence-corrected chi connectivity index (χ0v) is 23.0. The molecule has 0 amide bonds. The van der Waals surface area contributed by atoms with E-state index in [1.165, 1.54) is 68.6 Å². The predicted molar refractivity (Wildman–Crippen MR) is 143 cm³/mol. The molecule has 0 saturated heterocycles. The summed E-state index contributed by atoms with van der Waals surface area (Å²) in [6, 6.07) is 15.1. The highest BCUT2D eigenvalue weighted by molar-refractivity contribution is 7.85. The lowest BCUT2D eigenvalue weighted by atomic mass is 10.0. The molecule has 34 heavy (non-hydrogen) atoms. The average Bonchev–Trinajstić information content (AvgIpc) is 2.76. The van der Waals surface area contributed by atoms with E-state index in [0.717, 1.165) is 23.9 Å². The Balaban J connectivity index is 0.000000404. The third-order valence-electron chi connectivity index (χ3n) is 5.95. The number of hydrogen-bond donors (Lipinski definition) is 0. The lowest BCUT2D eigenvalue weighted by Gasteiger charge is -2.24. The molecular weight excluding hydrogens is 442 g/mol. The fourth-order valence-corrected chi connectivity index (χ4v) is 4.79. The maximum absolute atomic E-state index is 11.2. The Hall–Kier alpha value is -1.69. The maximum atomic E-state index is 11.2. The summed E-state index contributed by atoms with van der Waals surface area (Å²) in [5, 5.41) is 0. The molecule has 0 bridgehead atoms. The van der Waals surface area contributed by atoms with Gasteiger partial charge in [0.25, 0.3) is 0 Å². The quantitative estimate of drug-likeness (QED) is 0.159. The first-order chi connectivity index (χ1) is 16.0. The highest BCUT2D eigenvalue weighted by Crippen LogP contribution is 2.18. The molecule has 0 fully saturated rings. The van der Waals surface area contributed by atoms with Crippen molar-refractivity contribution in [3.8, 4) is 0 Å². The zero-order chi connectivity index (χ0) is 25.5. The summed E-state index contributed by atoms with van der Waals surface area (Å²) in [4.78, 5) is -0.0501. The Morgan fingerprint density at radius 2 is 1.18 bits per heavy atom. The van der Waals surface area contributed by atoms with Gasteiger partial charge in [0.15, 0.2) is 0 Å². The van der Waals surface area contributed by atoms with Crippen LogP contribution in [0.1, 0.15) is 87.8 Å². The van der Waals surface area contributed by atoms with Crippen LogP contribution in [0.15, 0.2) is 53.4 Å². The van der Waals surface area contributed by atoms with Gasteiger partial charge in [-0.2, -0.15) is 0 Å². The summed E-state index contributed by atoms with van der Waals surface area (Å²) in [6.07, 6.45) is 13.2. The van der Waals surface area contributed by atoms with Crippen LogP contribution >= 0.6 is 0 Å². The van der Waals surface area contributed by atoms with Gasteiger partial charge in [-0.3, -0.25) is 0 Å². The van der Waals surface area contributed by atoms with Gasteiger partial charge in [-0.15, -0.1) is 0 Å². The second-order valence-corrected chi connectivity index (χ2v) is 11.7. The van der Waals surface area contributed by atoms with E-state index in [1.54, 1.807) is 18.2 Å². The maximum Gasteiger partial charge on any atom is 0.124 e. The third kappa shape index (κ3) is 13.9. The van der Waals surface area contributed by atoms with Gasteiger partial charge in [-0.05, 0) is 37.0 Å². The van der Waals surface area contributed by atoms with Crippen LogP contribution in [0.4, 0.5) is 0 Å². The first-order valence-corrected chi connectivity index (χ1v) is 14.3. The van der Waals surface area contributed by atoms with E-state index in [0.29, 0.717) is 12.0 Å². The largest absolute Gasteiger partial charge is 0.744 e. The fourth-order valence-electron chi connectivity index (χ4n) is 4.06. The fraction of sp³-hybridized carbons (Fsp3) is 0.586. The third-order valence-corrected chi connectivity index (χ3v) is 6.88. The number of benzene rings is 2. The van der Waals surface area contributed by atoms with Gasteiger partial charge in [0.1, 0.15) is 16.7 Å². The molecule has 2 rings (SSSR count). The monoisotopic (exact) mass is 489 g/mol. The molecule has 0 spiro atoms. The lowest BCUT2D eigenvalue weighted by molar-refractivity contribution is -0.884. The molecule has 0 unspecified atom stereocenters. The van der Waals surface area contributed by atoms with E-state index < -0.39 is 10.1 Å². The summed E-state index contributed by atoms with van der Waals surface area (Å²) in [7, 11) is 2.30. The molecule has 192 valence electrons. The molecule has 0 aromatic heterocycles. The topological polar surface area (TPSA) is 57.2 Å². The molecule has 0 radical (unpaired) electrons. The van der Waals surface area contributed by atoms with Crippen LogP contribution < -0.4 is 0 Å². The van der Waals surface area contributed by atoms with Crippen LogP contribution in [0, 0.1) is 6.92 Å². The van der Waals surface area contributed by atoms with Crippen molar-refractivity contribution in [3.63, 3.8) is 0 Å². The normalized spacial score (nSPS) is 11.7. The summed E-state index contributed by atoms with van der Waals surface area (Å²) < 4.78 is 34.5. The average molecular weight is 490 g/mol. The lowest BCUT2D eigenvalue weighted by Crippen LogP contribution is -2.33. The molecule has 5 heteroatoms. The van der Waals surface area contributed by atoms with Crippen molar-refractivity contribution < 1.29 is 17.5 Å². The van der Waals surface area contributed by atoms with Crippen molar-refractivity contribution in [3.05, 3.63) is 65.2 Å². The number of quaternary nitrogens is 1. The summed E-state index contributed by atoms with van der Waals surface area (Å²) in [5.41, 5.74) is 3.51. The molecule has 0 aliphatic carbocycles. The smallest absolute Gasteiger partial charge is 0.124 e. The van der Waals surface area contributed by atoms with E-state index in [2.05, 4.69) is 59.3 Å². The van der Waals surface area contributed by atoms with Gasteiger partial charge in [0.05, 0.1) is 26.0 Å². The number of hydrogen-bond acceptors (Lipinski definition) is 3. The van der Waals surface area contributed by atoms with Gasteiger partial charge >= 0.3 is 0 Å². The minimum Gasteiger partial charge on any atom is -0.744 e. The Bertz CT molecular complexity index is 917. The highest BCUT2D eigenvalue weighted by Gasteiger charge is 2.09. The molecule has 2 aromatic rings. The highest BCUT2D eigenvalue weighted by atomic mass is 32.2. The number of nitrogens with zero attached hydrogens (tertiary/aromatic N) is 1. The molecule has 0 atom stereocenters. The van der Waals surface area contributed by atoms with Gasteiger partial charge < -0.3 is 9.04 Å². The number of unbranched alkanes of at least 4 members (excludes halogenated alkanes) is 9. The van der Waals surface area contributed by atoms with E-state index >= 15 is 0 Å². The Morgan fingerprint density at radius 1 is 0.706 bits per heavy atom. The van der Waals surface area contributed by atoms with Gasteiger partial charge in [-0.25, -0.2) is 8.42 Å². The Kier molecular flexibility index (Phi) is 14.3. The van der Waals surface area contributed by atoms with Gasteiger partial charge in [0.2, 0.25) is 0 Å². The van der Waals surface area contributed by atoms with Crippen molar-refractivity contribution in [2.75, 3.05) is 21.1 Å². The molecule has 0 aliphatic rings. The van der Waals surface area contributed by atoms with Crippen LogP contribution in [0.3, 0.4) is 0 Å². The van der Waals surface area contributed by atoms with Crippen LogP contribution in [-0.2, 0) is 23.1 Å². The molecule has 0 heterocycles. The van der Waals surface area contributed by atoms with Crippen LogP contribution in [-0.4, -0.2) is 38.6 Å². The first kappa shape index (κ1) is 30.3. The summed E-state index contributed by atoms with van der Waals surface area (Å²) in [5.74, 6) is 0. The molecular formula is C29H47NO3S. The van der Waals surface area contributed by atoms with Crippen molar-refractivity contribution >= 4 is 10.1 Å². The number of aryl methyl sites for hydroxylation is 2. The van der Waals surface area contributed by atoms with E-state index in [9.17, 15) is 13.0 Å².